The third-order valence-corrected chi connectivity index (χ3v) is 8.81. The maximum Gasteiger partial charge on any atom is 0.330 e. The molecule has 3 rings (SSSR count). The first-order chi connectivity index (χ1) is 15.0. The zero-order valence-corrected chi connectivity index (χ0v) is 21.6. The summed E-state index contributed by atoms with van der Waals surface area (Å²) in [6.45, 7) is 6.99. The van der Waals surface area contributed by atoms with Gasteiger partial charge in [0, 0.05) is 25.0 Å². The second-order valence-corrected chi connectivity index (χ2v) is 10.7. The van der Waals surface area contributed by atoms with E-state index in [1.54, 1.807) is 13.0 Å². The predicted molar refractivity (Wildman–Crippen MR) is 127 cm³/mol. The number of Topliss-reactive ketones (excluding diaryl/α,β-unsaturated/α-hetero) is 1. The molecule has 1 N–H and O–H groups in total. The Morgan fingerprint density at radius 3 is 2.52 bits per heavy atom. The Labute approximate surface area is 203 Å². The Morgan fingerprint density at radius 1 is 1.24 bits per heavy atom. The molecule has 7 atom stereocenters. The van der Waals surface area contributed by atoms with Gasteiger partial charge in [-0.1, -0.05) is 19.4 Å². The van der Waals surface area contributed by atoms with Gasteiger partial charge < -0.3 is 19.5 Å². The van der Waals surface area contributed by atoms with E-state index in [-0.39, 0.29) is 59.7 Å². The highest BCUT2D eigenvalue weighted by atomic mass is 35.5. The van der Waals surface area contributed by atoms with Gasteiger partial charge in [0.2, 0.25) is 0 Å². The van der Waals surface area contributed by atoms with Crippen LogP contribution >= 0.6 is 12.4 Å². The zero-order valence-electron chi connectivity index (χ0n) is 20.8. The molecule has 0 aromatic carbocycles. The van der Waals surface area contributed by atoms with E-state index in [0.717, 1.165) is 24.8 Å². The highest BCUT2D eigenvalue weighted by Gasteiger charge is 2.65. The van der Waals surface area contributed by atoms with Crippen LogP contribution in [-0.2, 0) is 23.9 Å². The van der Waals surface area contributed by atoms with Gasteiger partial charge in [0.25, 0.3) is 0 Å². The van der Waals surface area contributed by atoms with Gasteiger partial charge in [-0.05, 0) is 69.9 Å². The number of aliphatic hydroxyl groups is 1. The summed E-state index contributed by atoms with van der Waals surface area (Å²) in [6.07, 6.45) is 3.84. The lowest BCUT2D eigenvalue weighted by Gasteiger charge is -2.61. The molecular weight excluding hydrogens is 446 g/mol. The fourth-order valence-corrected chi connectivity index (χ4v) is 6.84. The quantitative estimate of drug-likeness (QED) is 0.472. The first kappa shape index (κ1) is 27.8. The number of allylic oxidation sites excluding steroid dienone is 1. The fourth-order valence-electron chi connectivity index (χ4n) is 6.84. The van der Waals surface area contributed by atoms with E-state index >= 15 is 0 Å². The minimum Gasteiger partial charge on any atom is -0.469 e. The Hall–Kier alpha value is -1.44. The highest BCUT2D eigenvalue weighted by Crippen LogP contribution is 2.64. The van der Waals surface area contributed by atoms with Crippen molar-refractivity contribution in [3.05, 3.63) is 11.6 Å². The molecule has 0 saturated heterocycles. The van der Waals surface area contributed by atoms with E-state index in [1.807, 2.05) is 25.9 Å². The summed E-state index contributed by atoms with van der Waals surface area (Å²) in [5.41, 5.74) is -0.354. The SMILES string of the molecule is COC(=O)[C@]1(C)[C@@H]2CC(=O)[C@H]3[C@@H](C)/C(=C/C(=O)OCCN(C)C)CC[C@@H]3[C@@]2(C)CC[C@@H]1O.Cl. The van der Waals surface area contributed by atoms with Crippen molar-refractivity contribution in [1.82, 2.24) is 4.90 Å². The summed E-state index contributed by atoms with van der Waals surface area (Å²) in [7, 11) is 5.19. The molecule has 0 aromatic rings. The number of carbonyl (C=O) groups is 3. The van der Waals surface area contributed by atoms with Crippen LogP contribution in [0.1, 0.15) is 52.9 Å². The monoisotopic (exact) mass is 485 g/mol. The van der Waals surface area contributed by atoms with Gasteiger partial charge in [-0.15, -0.1) is 12.4 Å². The molecule has 0 bridgehead atoms. The maximum absolute atomic E-state index is 13.4. The number of rotatable bonds is 5. The van der Waals surface area contributed by atoms with Gasteiger partial charge in [0.15, 0.2) is 0 Å². The lowest BCUT2D eigenvalue weighted by Crippen LogP contribution is -2.63. The summed E-state index contributed by atoms with van der Waals surface area (Å²) in [5, 5.41) is 10.8. The normalized spacial score (nSPS) is 39.3. The molecule has 3 aliphatic rings. The van der Waals surface area contributed by atoms with Crippen molar-refractivity contribution in [2.75, 3.05) is 34.4 Å². The van der Waals surface area contributed by atoms with E-state index in [0.29, 0.717) is 19.6 Å². The Morgan fingerprint density at radius 2 is 1.91 bits per heavy atom. The smallest absolute Gasteiger partial charge is 0.330 e. The minimum atomic E-state index is -1.09. The molecule has 3 fully saturated rings. The van der Waals surface area contributed by atoms with Crippen LogP contribution in [0.3, 0.4) is 0 Å². The van der Waals surface area contributed by atoms with Gasteiger partial charge >= 0.3 is 11.9 Å². The number of ketones is 1. The number of aliphatic hydroxyl groups excluding tert-OH is 1. The molecule has 0 heterocycles. The topological polar surface area (TPSA) is 93.1 Å². The number of halogens is 1. The number of esters is 2. The number of likely N-dealkylation sites (N-methyl/N-ethyl adjacent to an activating group) is 1. The number of carbonyl (C=O) groups excluding carboxylic acids is 3. The number of hydrogen-bond acceptors (Lipinski definition) is 7. The zero-order chi connectivity index (χ0) is 23.8. The Balaban J connectivity index is 0.00000385. The Bertz CT molecular complexity index is 798. The largest absolute Gasteiger partial charge is 0.469 e. The molecule has 3 saturated carbocycles. The molecule has 188 valence electrons. The van der Waals surface area contributed by atoms with Crippen LogP contribution in [0.25, 0.3) is 0 Å². The number of hydrogen-bond donors (Lipinski definition) is 1. The van der Waals surface area contributed by atoms with Gasteiger partial charge in [0.05, 0.1) is 18.6 Å². The van der Waals surface area contributed by atoms with E-state index in [9.17, 15) is 19.5 Å². The molecule has 0 radical (unpaired) electrons. The maximum atomic E-state index is 13.4. The van der Waals surface area contributed by atoms with Gasteiger partial charge in [-0.25, -0.2) is 4.79 Å². The number of methoxy groups -OCH3 is 1. The van der Waals surface area contributed by atoms with Crippen LogP contribution in [0.15, 0.2) is 11.6 Å². The van der Waals surface area contributed by atoms with Crippen LogP contribution in [0.4, 0.5) is 0 Å². The molecule has 0 amide bonds. The van der Waals surface area contributed by atoms with Gasteiger partial charge in [0.1, 0.15) is 12.4 Å². The van der Waals surface area contributed by atoms with Gasteiger partial charge in [-0.3, -0.25) is 9.59 Å². The van der Waals surface area contributed by atoms with Gasteiger partial charge in [-0.2, -0.15) is 0 Å². The molecule has 0 unspecified atom stereocenters. The second-order valence-electron chi connectivity index (χ2n) is 10.7. The average molecular weight is 486 g/mol. The first-order valence-electron chi connectivity index (χ1n) is 11.8. The lowest BCUT2D eigenvalue weighted by molar-refractivity contribution is -0.197. The standard InChI is InChI=1S/C25H39NO6.ClH/c1-15-16(13-21(29)32-12-11-26(4)5)7-8-17-22(15)18(27)14-19-24(17,2)10-9-20(28)25(19,3)23(30)31-6;/h13,15,17,19-20,22,28H,7-12,14H2,1-6H3;1H/b16-13+;/t15-,17-,19+,20-,22-,24+,25+;/m0./s1. The van der Waals surface area contributed by atoms with Crippen molar-refractivity contribution in [2.24, 2.45) is 34.5 Å². The molecule has 33 heavy (non-hydrogen) atoms. The summed E-state index contributed by atoms with van der Waals surface area (Å²) >= 11 is 0. The predicted octanol–water partition coefficient (Wildman–Crippen LogP) is 3.03. The summed E-state index contributed by atoms with van der Waals surface area (Å²) in [4.78, 5) is 40.5. The molecule has 3 aliphatic carbocycles. The van der Waals surface area contributed by atoms with Crippen LogP contribution in [-0.4, -0.2) is 68.2 Å². The van der Waals surface area contributed by atoms with Crippen molar-refractivity contribution in [3.63, 3.8) is 0 Å². The summed E-state index contributed by atoms with van der Waals surface area (Å²) in [5.74, 6) is -1.02. The van der Waals surface area contributed by atoms with Crippen LogP contribution < -0.4 is 0 Å². The van der Waals surface area contributed by atoms with Crippen molar-refractivity contribution < 1.29 is 29.0 Å². The third-order valence-electron chi connectivity index (χ3n) is 8.81. The minimum absolute atomic E-state index is 0. The van der Waals surface area contributed by atoms with Crippen LogP contribution in [0.5, 0.6) is 0 Å². The molecule has 0 spiro atoms. The summed E-state index contributed by atoms with van der Waals surface area (Å²) < 4.78 is 10.4. The fraction of sp³-hybridized carbons (Fsp3) is 0.800. The third kappa shape index (κ3) is 4.87. The Kier molecular flexibility index (Phi) is 8.80. The first-order valence-corrected chi connectivity index (χ1v) is 11.8. The molecule has 0 aromatic heterocycles. The van der Waals surface area contributed by atoms with Crippen LogP contribution in [0, 0.1) is 34.5 Å². The number of nitrogens with zero attached hydrogens (tertiary/aromatic N) is 1. The number of fused-ring (bicyclic) bond motifs is 3. The molecule has 7 nitrogen and oxygen atoms in total. The van der Waals surface area contributed by atoms with Crippen molar-refractivity contribution in [3.8, 4) is 0 Å². The summed E-state index contributed by atoms with van der Waals surface area (Å²) in [6, 6.07) is 0. The number of ether oxygens (including phenoxy) is 2. The molecule has 0 aliphatic heterocycles. The van der Waals surface area contributed by atoms with Crippen molar-refractivity contribution in [1.29, 1.82) is 0 Å². The molecular formula is C25H40ClNO6. The van der Waals surface area contributed by atoms with E-state index in [4.69, 9.17) is 9.47 Å². The van der Waals surface area contributed by atoms with Crippen molar-refractivity contribution >= 4 is 30.1 Å². The highest BCUT2D eigenvalue weighted by molar-refractivity contribution is 5.87. The van der Waals surface area contributed by atoms with E-state index < -0.39 is 17.5 Å². The molecule has 8 heteroatoms. The average Bonchev–Trinajstić information content (AvgIpc) is 2.73. The van der Waals surface area contributed by atoms with Crippen LogP contribution in [0.2, 0.25) is 0 Å². The van der Waals surface area contributed by atoms with E-state index in [2.05, 4.69) is 6.92 Å². The lowest BCUT2D eigenvalue weighted by atomic mass is 9.42. The van der Waals surface area contributed by atoms with E-state index in [1.165, 1.54) is 7.11 Å². The second kappa shape index (κ2) is 10.4. The van der Waals surface area contributed by atoms with Crippen molar-refractivity contribution in [2.45, 2.75) is 59.0 Å².